The number of anilines is 1. The van der Waals surface area contributed by atoms with Gasteiger partial charge in [-0.1, -0.05) is 49.4 Å². The normalized spacial score (nSPS) is 23.1. The van der Waals surface area contributed by atoms with E-state index in [1.165, 1.54) is 0 Å². The number of hydrogen-bond donors (Lipinski definition) is 1. The van der Waals surface area contributed by atoms with Crippen LogP contribution in [0, 0.1) is 9.49 Å². The van der Waals surface area contributed by atoms with E-state index in [1.54, 1.807) is 30.0 Å². The van der Waals surface area contributed by atoms with Gasteiger partial charge < -0.3 is 28.5 Å². The van der Waals surface area contributed by atoms with Crippen molar-refractivity contribution in [3.63, 3.8) is 0 Å². The van der Waals surface area contributed by atoms with Crippen LogP contribution < -0.4 is 9.64 Å². The van der Waals surface area contributed by atoms with Gasteiger partial charge in [-0.25, -0.2) is 0 Å². The highest BCUT2D eigenvalue weighted by atomic mass is 127. The van der Waals surface area contributed by atoms with Crippen molar-refractivity contribution < 1.29 is 28.3 Å². The summed E-state index contributed by atoms with van der Waals surface area (Å²) in [7, 11) is -1.89. The second-order valence-electron chi connectivity index (χ2n) is 11.9. The van der Waals surface area contributed by atoms with Crippen molar-refractivity contribution in [2.75, 3.05) is 25.2 Å². The van der Waals surface area contributed by atoms with Crippen molar-refractivity contribution in [3.05, 3.63) is 93.1 Å². The zero-order chi connectivity index (χ0) is 30.9. The van der Waals surface area contributed by atoms with Crippen LogP contribution in [0.1, 0.15) is 30.0 Å². The van der Waals surface area contributed by atoms with E-state index in [4.69, 9.17) is 9.47 Å². The Morgan fingerprint density at radius 2 is 1.84 bits per heavy atom. The van der Waals surface area contributed by atoms with E-state index in [0.717, 1.165) is 14.7 Å². The number of hydrogen-bond acceptors (Lipinski definition) is 5. The molecule has 1 N–H and O–H groups in total. The summed E-state index contributed by atoms with van der Waals surface area (Å²) in [5, 5.41) is 9.74. The molecule has 2 aliphatic heterocycles. The van der Waals surface area contributed by atoms with E-state index in [1.807, 2.05) is 79.7 Å². The fourth-order valence-corrected chi connectivity index (χ4v) is 9.95. The van der Waals surface area contributed by atoms with Crippen LogP contribution in [-0.2, 0) is 33.0 Å². The maximum Gasteiger partial charge on any atom is 0.264 e. The molecular formula is C33H38FIN2O5Si. The third-order valence-corrected chi connectivity index (χ3v) is 11.8. The van der Waals surface area contributed by atoms with Gasteiger partial charge in [-0.15, -0.1) is 0 Å². The molecule has 0 aliphatic carbocycles. The van der Waals surface area contributed by atoms with Crippen LogP contribution in [0.25, 0.3) is 0 Å². The molecule has 2 aliphatic rings. The molecule has 10 heteroatoms. The van der Waals surface area contributed by atoms with Crippen LogP contribution in [0.15, 0.2) is 72.8 Å². The fraction of sp³-hybridized carbons (Fsp3) is 0.394. The van der Waals surface area contributed by atoms with Gasteiger partial charge in [-0.05, 0) is 77.1 Å². The van der Waals surface area contributed by atoms with Gasteiger partial charge in [-0.2, -0.15) is 0 Å². The zero-order valence-electron chi connectivity index (χ0n) is 24.9. The van der Waals surface area contributed by atoms with Crippen molar-refractivity contribution in [1.29, 1.82) is 0 Å². The molecule has 4 atom stereocenters. The molecule has 0 bridgehead atoms. The van der Waals surface area contributed by atoms with Crippen molar-refractivity contribution in [1.82, 2.24) is 4.90 Å². The van der Waals surface area contributed by atoms with Gasteiger partial charge in [0.1, 0.15) is 5.75 Å². The van der Waals surface area contributed by atoms with Crippen LogP contribution in [-0.4, -0.2) is 56.6 Å². The number of nitrogens with zero attached hydrogens (tertiary/aromatic N) is 2. The summed E-state index contributed by atoms with van der Waals surface area (Å²) in [6, 6.07) is 23.0. The van der Waals surface area contributed by atoms with E-state index in [9.17, 15) is 14.7 Å². The Morgan fingerprint density at radius 1 is 1.12 bits per heavy atom. The summed E-state index contributed by atoms with van der Waals surface area (Å²) in [5.41, 5.74) is 1.16. The highest BCUT2D eigenvalue weighted by Crippen LogP contribution is 2.60. The first kappa shape index (κ1) is 31.6. The topological polar surface area (TPSA) is 79.3 Å². The number of rotatable bonds is 10. The highest BCUT2D eigenvalue weighted by Gasteiger charge is 2.67. The molecule has 3 aromatic carbocycles. The number of aliphatic hydroxyl groups is 1. The summed E-state index contributed by atoms with van der Waals surface area (Å²) in [6.07, 6.45) is -0.903. The van der Waals surface area contributed by atoms with Gasteiger partial charge in [0.15, 0.2) is 5.60 Å². The lowest BCUT2D eigenvalue weighted by Crippen LogP contribution is -2.45. The minimum atomic E-state index is -3.46. The molecule has 0 aromatic heterocycles. The number of fused-ring (bicyclic) bond motifs is 2. The van der Waals surface area contributed by atoms with Crippen molar-refractivity contribution in [2.45, 2.75) is 56.8 Å². The summed E-state index contributed by atoms with van der Waals surface area (Å²) in [5.74, 6) is -0.460. The van der Waals surface area contributed by atoms with Crippen molar-refractivity contribution >= 4 is 48.5 Å². The Bertz CT molecular complexity index is 1490. The van der Waals surface area contributed by atoms with E-state index in [-0.39, 0.29) is 31.4 Å². The largest absolute Gasteiger partial charge is 0.497 e. The molecule has 2 amide bonds. The predicted octanol–water partition coefficient (Wildman–Crippen LogP) is 6.03. The number of carbonyl (C=O) groups excluding carboxylic acids is 2. The van der Waals surface area contributed by atoms with E-state index in [2.05, 4.69) is 22.6 Å². The molecule has 7 nitrogen and oxygen atoms in total. The van der Waals surface area contributed by atoms with Crippen LogP contribution >= 0.6 is 22.6 Å². The maximum absolute atomic E-state index is 16.3. The Labute approximate surface area is 267 Å². The Morgan fingerprint density at radius 3 is 2.49 bits per heavy atom. The zero-order valence-corrected chi connectivity index (χ0v) is 28.1. The molecule has 0 saturated carbocycles. The summed E-state index contributed by atoms with van der Waals surface area (Å²) < 4.78 is 29.6. The molecule has 2 heterocycles. The van der Waals surface area contributed by atoms with Gasteiger partial charge in [-0.3, -0.25) is 9.59 Å². The average molecular weight is 717 g/mol. The van der Waals surface area contributed by atoms with E-state index in [0.29, 0.717) is 30.1 Å². The molecule has 0 radical (unpaired) electrons. The fourth-order valence-electron chi connectivity index (χ4n) is 6.85. The number of amides is 2. The lowest BCUT2D eigenvalue weighted by Gasteiger charge is -2.31. The van der Waals surface area contributed by atoms with Gasteiger partial charge in [0.2, 0.25) is 14.3 Å². The van der Waals surface area contributed by atoms with Crippen molar-refractivity contribution in [2.24, 2.45) is 5.92 Å². The smallest absolute Gasteiger partial charge is 0.264 e. The van der Waals surface area contributed by atoms with Gasteiger partial charge in [0.05, 0.1) is 38.5 Å². The number of carbonyl (C=O) groups is 2. The SMILES string of the molecule is COc1ccc2c(c1)[C@]1(O[C@@H](CC(=O)N(CCO)Cc3ccccc3)[C@H]([Si](C)(C)F)[C@H]1C)C(=O)N2Cc1cccc(I)c1. The third-order valence-electron chi connectivity index (χ3n) is 8.71. The van der Waals surface area contributed by atoms with Gasteiger partial charge in [0, 0.05) is 33.7 Å². The molecule has 1 spiro atoms. The lowest BCUT2D eigenvalue weighted by atomic mass is 9.82. The second kappa shape index (κ2) is 12.7. The highest BCUT2D eigenvalue weighted by molar-refractivity contribution is 14.1. The third kappa shape index (κ3) is 6.11. The minimum Gasteiger partial charge on any atom is -0.497 e. The quantitative estimate of drug-likeness (QED) is 0.158. The monoisotopic (exact) mass is 716 g/mol. The van der Waals surface area contributed by atoms with Crippen LogP contribution in [0.3, 0.4) is 0 Å². The molecule has 1 fully saturated rings. The first-order valence-electron chi connectivity index (χ1n) is 14.5. The lowest BCUT2D eigenvalue weighted by molar-refractivity contribution is -0.150. The van der Waals surface area contributed by atoms with Gasteiger partial charge in [0.25, 0.3) is 5.91 Å². The van der Waals surface area contributed by atoms with Crippen LogP contribution in [0.4, 0.5) is 9.80 Å². The standard InChI is InChI=1S/C33H38FIN2O5Si/c1-22-31(43(3,4)34)29(19-30(39)36(15-16-38)20-23-9-6-5-7-10-23)42-33(22)27-18-26(41-2)13-14-28(27)37(32(33)40)21-24-11-8-12-25(35)17-24/h5-14,17-18,22,29,31,38H,15-16,19-21H2,1-4H3/t22-,29+,31-,33+/m1/s1. The molecule has 3 aromatic rings. The van der Waals surface area contributed by atoms with Crippen LogP contribution in [0.2, 0.25) is 18.6 Å². The first-order valence-corrected chi connectivity index (χ1v) is 18.6. The number of ether oxygens (including phenoxy) is 2. The second-order valence-corrected chi connectivity index (χ2v) is 16.9. The number of halogens is 2. The Hall–Kier alpha value is -2.80. The van der Waals surface area contributed by atoms with E-state index >= 15 is 4.11 Å². The van der Waals surface area contributed by atoms with E-state index < -0.39 is 31.6 Å². The molecule has 0 unspecified atom stereocenters. The number of methoxy groups -OCH3 is 1. The number of aliphatic hydroxyl groups excluding tert-OH is 1. The minimum absolute atomic E-state index is 0.0899. The predicted molar refractivity (Wildman–Crippen MR) is 175 cm³/mol. The maximum atomic E-state index is 16.3. The van der Waals surface area contributed by atoms with Crippen LogP contribution in [0.5, 0.6) is 5.75 Å². The molecular weight excluding hydrogens is 678 g/mol. The molecule has 228 valence electrons. The summed E-state index contributed by atoms with van der Waals surface area (Å²) >= 11 is 2.25. The summed E-state index contributed by atoms with van der Waals surface area (Å²) in [6.45, 7) is 5.73. The average Bonchev–Trinajstić information content (AvgIpc) is 3.39. The Kier molecular flexibility index (Phi) is 9.31. The molecule has 43 heavy (non-hydrogen) atoms. The Balaban J connectivity index is 1.52. The number of benzene rings is 3. The summed E-state index contributed by atoms with van der Waals surface area (Å²) in [4.78, 5) is 31.6. The molecule has 1 saturated heterocycles. The molecule has 5 rings (SSSR count). The van der Waals surface area contributed by atoms with Gasteiger partial charge >= 0.3 is 0 Å². The van der Waals surface area contributed by atoms with Crippen molar-refractivity contribution in [3.8, 4) is 5.75 Å². The first-order chi connectivity index (χ1) is 20.5.